The zero-order chi connectivity index (χ0) is 13.2. The number of rotatable bonds is 8. The van der Waals surface area contributed by atoms with Crippen molar-refractivity contribution in [2.24, 2.45) is 11.7 Å². The summed E-state index contributed by atoms with van der Waals surface area (Å²) in [5, 5.41) is 3.17. The summed E-state index contributed by atoms with van der Waals surface area (Å²) in [4.78, 5) is 11.9. The number of nitrogens with two attached hydrogens (primary N) is 1. The van der Waals surface area contributed by atoms with Crippen LogP contribution in [0.1, 0.15) is 51.9 Å². The Hall–Kier alpha value is -0.220. The summed E-state index contributed by atoms with van der Waals surface area (Å²) in [6.45, 7) is 2.94. The second kappa shape index (κ2) is 9.68. The van der Waals surface area contributed by atoms with E-state index in [0.717, 1.165) is 32.2 Å². The number of carbonyl (C=O) groups is 1. The lowest BCUT2D eigenvalue weighted by Gasteiger charge is -2.23. The van der Waals surface area contributed by atoms with E-state index < -0.39 is 0 Å². The minimum atomic E-state index is 0.241. The van der Waals surface area contributed by atoms with Gasteiger partial charge in [-0.05, 0) is 49.7 Å². The van der Waals surface area contributed by atoms with Crippen molar-refractivity contribution in [1.29, 1.82) is 0 Å². The highest BCUT2D eigenvalue weighted by Crippen LogP contribution is 2.19. The highest BCUT2D eigenvalue weighted by atomic mass is 32.2. The van der Waals surface area contributed by atoms with E-state index in [4.69, 9.17) is 5.73 Å². The zero-order valence-electron chi connectivity index (χ0n) is 11.6. The van der Waals surface area contributed by atoms with E-state index in [0.29, 0.717) is 18.4 Å². The molecule has 4 heteroatoms. The Bertz CT molecular complexity index is 224. The van der Waals surface area contributed by atoms with Crippen LogP contribution in [0.4, 0.5) is 0 Å². The number of amides is 1. The molecule has 1 atom stereocenters. The van der Waals surface area contributed by atoms with Gasteiger partial charge in [0.25, 0.3) is 0 Å². The van der Waals surface area contributed by atoms with Crippen LogP contribution < -0.4 is 11.1 Å². The number of nitrogens with one attached hydrogen (secondary N) is 1. The van der Waals surface area contributed by atoms with Crippen LogP contribution in [0.5, 0.6) is 0 Å². The maximum absolute atomic E-state index is 11.9. The topological polar surface area (TPSA) is 55.1 Å². The summed E-state index contributed by atoms with van der Waals surface area (Å²) in [5.74, 6) is 3.25. The molecule has 1 aliphatic heterocycles. The molecule has 1 unspecified atom stereocenters. The predicted octanol–water partition coefficient (Wildman–Crippen LogP) is 2.54. The monoisotopic (exact) mass is 272 g/mol. The van der Waals surface area contributed by atoms with Gasteiger partial charge in [-0.1, -0.05) is 19.8 Å². The molecule has 1 heterocycles. The van der Waals surface area contributed by atoms with Gasteiger partial charge in [0.15, 0.2) is 0 Å². The summed E-state index contributed by atoms with van der Waals surface area (Å²) >= 11 is 1.99. The van der Waals surface area contributed by atoms with Crippen LogP contribution in [-0.2, 0) is 4.79 Å². The van der Waals surface area contributed by atoms with Crippen molar-refractivity contribution in [3.05, 3.63) is 0 Å². The Morgan fingerprint density at radius 3 is 2.67 bits per heavy atom. The first-order valence-corrected chi connectivity index (χ1v) is 8.49. The molecule has 1 aliphatic rings. The molecule has 0 aromatic rings. The van der Waals surface area contributed by atoms with Crippen molar-refractivity contribution in [3.63, 3.8) is 0 Å². The molecule has 0 spiro atoms. The number of carbonyl (C=O) groups excluding carboxylic acids is 1. The van der Waals surface area contributed by atoms with Crippen molar-refractivity contribution >= 4 is 17.7 Å². The molecular weight excluding hydrogens is 244 g/mol. The molecule has 0 aromatic heterocycles. The van der Waals surface area contributed by atoms with Gasteiger partial charge in [0, 0.05) is 12.5 Å². The zero-order valence-corrected chi connectivity index (χ0v) is 12.4. The smallest absolute Gasteiger partial charge is 0.220 e. The van der Waals surface area contributed by atoms with Gasteiger partial charge >= 0.3 is 0 Å². The van der Waals surface area contributed by atoms with Gasteiger partial charge in [-0.2, -0.15) is 11.8 Å². The molecule has 1 saturated heterocycles. The Morgan fingerprint density at radius 1 is 1.33 bits per heavy atom. The van der Waals surface area contributed by atoms with Crippen LogP contribution in [0.25, 0.3) is 0 Å². The summed E-state index contributed by atoms with van der Waals surface area (Å²) in [7, 11) is 0. The second-order valence-corrected chi connectivity index (χ2v) is 6.45. The van der Waals surface area contributed by atoms with Crippen LogP contribution in [0.3, 0.4) is 0 Å². The highest BCUT2D eigenvalue weighted by Gasteiger charge is 2.16. The molecule has 1 rings (SSSR count). The van der Waals surface area contributed by atoms with E-state index in [1.807, 2.05) is 11.8 Å². The molecule has 3 N–H and O–H groups in total. The lowest BCUT2D eigenvalue weighted by Crippen LogP contribution is -2.37. The summed E-state index contributed by atoms with van der Waals surface area (Å²) < 4.78 is 0. The van der Waals surface area contributed by atoms with Crippen LogP contribution in [0, 0.1) is 5.92 Å². The van der Waals surface area contributed by atoms with Crippen molar-refractivity contribution in [1.82, 2.24) is 5.32 Å². The average Bonchev–Trinajstić information content (AvgIpc) is 2.38. The second-order valence-electron chi connectivity index (χ2n) is 5.22. The maximum atomic E-state index is 11.9. The van der Waals surface area contributed by atoms with Gasteiger partial charge in [-0.15, -0.1) is 0 Å². The molecular formula is C14H28N2OS. The standard InChI is InChI=1S/C14H28N2OS/c1-2-3-12(6-9-15)4-5-14(17)16-13-7-10-18-11-8-13/h12-13H,2-11,15H2,1H3,(H,16,17). The van der Waals surface area contributed by atoms with Crippen LogP contribution in [0.15, 0.2) is 0 Å². The average molecular weight is 272 g/mol. The fourth-order valence-electron chi connectivity index (χ4n) is 2.55. The molecule has 0 bridgehead atoms. The maximum Gasteiger partial charge on any atom is 0.220 e. The van der Waals surface area contributed by atoms with Crippen LogP contribution in [0.2, 0.25) is 0 Å². The van der Waals surface area contributed by atoms with Crippen molar-refractivity contribution < 1.29 is 4.79 Å². The SMILES string of the molecule is CCCC(CCN)CCC(=O)NC1CCSCC1. The lowest BCUT2D eigenvalue weighted by atomic mass is 9.94. The van der Waals surface area contributed by atoms with Gasteiger partial charge in [-0.25, -0.2) is 0 Å². The van der Waals surface area contributed by atoms with E-state index in [1.165, 1.54) is 24.3 Å². The Kier molecular flexibility index (Phi) is 8.51. The van der Waals surface area contributed by atoms with Crippen LogP contribution >= 0.6 is 11.8 Å². The molecule has 0 aliphatic carbocycles. The third-order valence-electron chi connectivity index (χ3n) is 3.64. The normalized spacial score (nSPS) is 18.6. The van der Waals surface area contributed by atoms with E-state index in [9.17, 15) is 4.79 Å². The first-order chi connectivity index (χ1) is 8.76. The first kappa shape index (κ1) is 15.8. The number of hydrogen-bond acceptors (Lipinski definition) is 3. The van der Waals surface area contributed by atoms with E-state index in [-0.39, 0.29) is 5.91 Å². The minimum Gasteiger partial charge on any atom is -0.353 e. The largest absolute Gasteiger partial charge is 0.353 e. The Balaban J connectivity index is 2.17. The molecule has 0 aromatic carbocycles. The molecule has 3 nitrogen and oxygen atoms in total. The van der Waals surface area contributed by atoms with Gasteiger partial charge in [0.2, 0.25) is 5.91 Å². The number of thioether (sulfide) groups is 1. The fraction of sp³-hybridized carbons (Fsp3) is 0.929. The summed E-state index contributed by atoms with van der Waals surface area (Å²) in [5.41, 5.74) is 5.61. The van der Waals surface area contributed by atoms with Crippen molar-refractivity contribution in [3.8, 4) is 0 Å². The molecule has 106 valence electrons. The quantitative estimate of drug-likeness (QED) is 0.714. The lowest BCUT2D eigenvalue weighted by molar-refractivity contribution is -0.122. The first-order valence-electron chi connectivity index (χ1n) is 7.33. The van der Waals surface area contributed by atoms with Gasteiger partial charge in [-0.3, -0.25) is 4.79 Å². The van der Waals surface area contributed by atoms with Crippen molar-refractivity contribution in [2.45, 2.75) is 57.9 Å². The van der Waals surface area contributed by atoms with Crippen molar-refractivity contribution in [2.75, 3.05) is 18.1 Å². The third-order valence-corrected chi connectivity index (χ3v) is 4.69. The molecule has 18 heavy (non-hydrogen) atoms. The van der Waals surface area contributed by atoms with E-state index >= 15 is 0 Å². The Labute approximate surface area is 116 Å². The minimum absolute atomic E-state index is 0.241. The van der Waals surface area contributed by atoms with Crippen LogP contribution in [-0.4, -0.2) is 30.0 Å². The molecule has 1 fully saturated rings. The van der Waals surface area contributed by atoms with Gasteiger partial charge in [0.05, 0.1) is 0 Å². The Morgan fingerprint density at radius 2 is 2.06 bits per heavy atom. The predicted molar refractivity (Wildman–Crippen MR) is 79.8 cm³/mol. The van der Waals surface area contributed by atoms with Gasteiger partial charge in [0.1, 0.15) is 0 Å². The molecule has 1 amide bonds. The number of hydrogen-bond donors (Lipinski definition) is 2. The summed E-state index contributed by atoms with van der Waals surface area (Å²) in [6.07, 6.45) is 7.39. The fourth-order valence-corrected chi connectivity index (χ4v) is 3.66. The van der Waals surface area contributed by atoms with Gasteiger partial charge < -0.3 is 11.1 Å². The summed E-state index contributed by atoms with van der Waals surface area (Å²) in [6, 6.07) is 0.429. The highest BCUT2D eigenvalue weighted by molar-refractivity contribution is 7.99. The van der Waals surface area contributed by atoms with E-state index in [2.05, 4.69) is 12.2 Å². The molecule has 0 radical (unpaired) electrons. The molecule has 0 saturated carbocycles. The van der Waals surface area contributed by atoms with E-state index in [1.54, 1.807) is 0 Å². The third kappa shape index (κ3) is 6.64.